The predicted molar refractivity (Wildman–Crippen MR) is 349 cm³/mol. The molecule has 0 spiro atoms. The Hall–Kier alpha value is 0.540. The molecule has 0 N–H and O–H groups in total. The number of nitrogens with zero attached hydrogens (tertiary/aromatic N) is 4. The van der Waals surface area contributed by atoms with Gasteiger partial charge in [-0.3, -0.25) is 9.80 Å². The van der Waals surface area contributed by atoms with Gasteiger partial charge in [0.1, 0.15) is 0 Å². The van der Waals surface area contributed by atoms with Crippen molar-refractivity contribution in [3.05, 3.63) is 0 Å². The lowest BCUT2D eigenvalue weighted by atomic mass is 9.98. The van der Waals surface area contributed by atoms with Crippen LogP contribution in [-0.4, -0.2) is 120 Å². The van der Waals surface area contributed by atoms with E-state index in [1.54, 1.807) is 0 Å². The first-order valence-corrected chi connectivity index (χ1v) is 37.4. The van der Waals surface area contributed by atoms with Crippen LogP contribution in [-0.2, 0) is 0 Å². The second-order valence-corrected chi connectivity index (χ2v) is 27.3. The van der Waals surface area contributed by atoms with Gasteiger partial charge in [-0.05, 0) is 64.1 Å². The van der Waals surface area contributed by atoms with E-state index in [0.29, 0.717) is 0 Å². The molecule has 1 aliphatic heterocycles. The van der Waals surface area contributed by atoms with Crippen LogP contribution < -0.4 is 0 Å². The molecular weight excluding hydrogens is 949 g/mol. The summed E-state index contributed by atoms with van der Waals surface area (Å²) in [6.45, 7) is 29.9. The molecule has 1 heterocycles. The van der Waals surface area contributed by atoms with Gasteiger partial charge in [-0.25, -0.2) is 0 Å². The largest absolute Gasteiger partial charge is 0.303 e. The van der Waals surface area contributed by atoms with Crippen LogP contribution in [0, 0.1) is 5.92 Å². The zero-order valence-corrected chi connectivity index (χ0v) is 54.7. The maximum atomic E-state index is 3.00. The number of thioether (sulfide) groups is 2. The lowest BCUT2D eigenvalue weighted by molar-refractivity contribution is 0.0271. The molecule has 3 atom stereocenters. The number of unbranched alkanes of at least 4 members (excludes halogenated alkanes) is 36. The Balaban J connectivity index is 2.68. The van der Waals surface area contributed by atoms with Crippen molar-refractivity contribution in [2.24, 2.45) is 5.92 Å². The summed E-state index contributed by atoms with van der Waals surface area (Å²) in [5.74, 6) is 6.10. The van der Waals surface area contributed by atoms with E-state index in [9.17, 15) is 0 Å². The van der Waals surface area contributed by atoms with Crippen LogP contribution >= 0.6 is 23.5 Å². The van der Waals surface area contributed by atoms with Gasteiger partial charge in [0.25, 0.3) is 0 Å². The molecule has 0 aromatic carbocycles. The molecule has 1 fully saturated rings. The molecule has 1 rings (SSSR count). The van der Waals surface area contributed by atoms with E-state index < -0.39 is 0 Å². The lowest BCUT2D eigenvalue weighted by Crippen LogP contribution is -2.59. The summed E-state index contributed by atoms with van der Waals surface area (Å²) in [5.41, 5.74) is 0. The fourth-order valence-electron chi connectivity index (χ4n) is 12.3. The summed E-state index contributed by atoms with van der Waals surface area (Å²) in [6, 6.07) is 1.49. The van der Waals surface area contributed by atoms with Gasteiger partial charge in [-0.15, -0.1) is 0 Å². The number of piperazine rings is 1. The quantitative estimate of drug-likeness (QED) is 0.0559. The van der Waals surface area contributed by atoms with E-state index >= 15 is 0 Å². The summed E-state index contributed by atoms with van der Waals surface area (Å²) in [6.07, 6.45) is 64.4. The van der Waals surface area contributed by atoms with Crippen molar-refractivity contribution in [1.29, 1.82) is 0 Å². The SMILES string of the molecule is CCCCCCCCCCCCN(CCCCCCCCCCCC)CCSCCN1CC(CCCC)N(CCSCCN(CCCCCCCCCCCC)CC(C)CCCCCCCCCC)CC1CCCC. The normalized spacial score (nSPS) is 16.1. The van der Waals surface area contributed by atoms with E-state index in [-0.39, 0.29) is 0 Å². The molecule has 6 heteroatoms. The second kappa shape index (κ2) is 59.2. The van der Waals surface area contributed by atoms with Crippen molar-refractivity contribution in [3.8, 4) is 0 Å². The monoisotopic (exact) mass is 1090 g/mol. The average Bonchev–Trinajstić information content (AvgIpc) is 3.41. The Bertz CT molecular complexity index is 1050. The van der Waals surface area contributed by atoms with E-state index in [1.165, 1.54) is 377 Å². The van der Waals surface area contributed by atoms with Crippen LogP contribution in [0.25, 0.3) is 0 Å². The summed E-state index contributed by atoms with van der Waals surface area (Å²) in [4.78, 5) is 11.8. The molecule has 4 nitrogen and oxygen atoms in total. The van der Waals surface area contributed by atoms with E-state index in [1.807, 2.05) is 0 Å². The summed E-state index contributed by atoms with van der Waals surface area (Å²) in [5, 5.41) is 0. The molecule has 450 valence electrons. The number of hydrogen-bond donors (Lipinski definition) is 0. The van der Waals surface area contributed by atoms with Crippen LogP contribution in [0.5, 0.6) is 0 Å². The Labute approximate surface area is 484 Å². The molecular formula is C69H142N4S2. The van der Waals surface area contributed by atoms with Crippen molar-refractivity contribution in [3.63, 3.8) is 0 Å². The molecule has 0 saturated carbocycles. The van der Waals surface area contributed by atoms with Crippen LogP contribution in [0.2, 0.25) is 0 Å². The average molecular weight is 1090 g/mol. The zero-order valence-electron chi connectivity index (χ0n) is 53.1. The highest BCUT2D eigenvalue weighted by Gasteiger charge is 2.32. The van der Waals surface area contributed by atoms with E-state index in [2.05, 4.69) is 91.6 Å². The highest BCUT2D eigenvalue weighted by Crippen LogP contribution is 2.25. The summed E-state index contributed by atoms with van der Waals surface area (Å²) >= 11 is 4.56. The molecule has 0 radical (unpaired) electrons. The number of hydrogen-bond acceptors (Lipinski definition) is 6. The molecule has 0 aromatic rings. The van der Waals surface area contributed by atoms with Gasteiger partial charge in [0.15, 0.2) is 0 Å². The van der Waals surface area contributed by atoms with Gasteiger partial charge < -0.3 is 9.80 Å². The van der Waals surface area contributed by atoms with Crippen molar-refractivity contribution < 1.29 is 0 Å². The second-order valence-electron chi connectivity index (χ2n) is 24.9. The van der Waals surface area contributed by atoms with Crippen molar-refractivity contribution in [1.82, 2.24) is 19.6 Å². The van der Waals surface area contributed by atoms with E-state index in [4.69, 9.17) is 0 Å². The fourth-order valence-corrected chi connectivity index (χ4v) is 14.2. The van der Waals surface area contributed by atoms with Crippen LogP contribution in [0.4, 0.5) is 0 Å². The molecule has 0 aromatic heterocycles. The lowest BCUT2D eigenvalue weighted by Gasteiger charge is -2.47. The number of rotatable bonds is 62. The molecule has 1 saturated heterocycles. The Morgan fingerprint density at radius 2 is 0.600 bits per heavy atom. The third-order valence-corrected chi connectivity index (χ3v) is 19.3. The molecule has 0 aliphatic carbocycles. The van der Waals surface area contributed by atoms with Gasteiger partial charge in [-0.2, -0.15) is 23.5 Å². The van der Waals surface area contributed by atoms with E-state index in [0.717, 1.165) is 18.0 Å². The Morgan fingerprint density at radius 3 is 0.933 bits per heavy atom. The smallest absolute Gasteiger partial charge is 0.0224 e. The van der Waals surface area contributed by atoms with Crippen molar-refractivity contribution >= 4 is 23.5 Å². The van der Waals surface area contributed by atoms with Crippen molar-refractivity contribution in [2.45, 2.75) is 349 Å². The third kappa shape index (κ3) is 47.8. The first kappa shape index (κ1) is 73.6. The van der Waals surface area contributed by atoms with Gasteiger partial charge in [0, 0.05) is 80.9 Å². The Morgan fingerprint density at radius 1 is 0.320 bits per heavy atom. The van der Waals surface area contributed by atoms with Gasteiger partial charge >= 0.3 is 0 Å². The summed E-state index contributed by atoms with van der Waals surface area (Å²) < 4.78 is 0. The first-order chi connectivity index (χ1) is 37.0. The van der Waals surface area contributed by atoms with Crippen LogP contribution in [0.15, 0.2) is 0 Å². The molecule has 0 bridgehead atoms. The highest BCUT2D eigenvalue weighted by atomic mass is 32.2. The van der Waals surface area contributed by atoms with Gasteiger partial charge in [0.05, 0.1) is 0 Å². The summed E-state index contributed by atoms with van der Waals surface area (Å²) in [7, 11) is 0. The molecule has 3 unspecified atom stereocenters. The van der Waals surface area contributed by atoms with Crippen molar-refractivity contribution in [2.75, 3.05) is 88.5 Å². The predicted octanol–water partition coefficient (Wildman–Crippen LogP) is 21.7. The molecule has 0 amide bonds. The van der Waals surface area contributed by atoms with Crippen LogP contribution in [0.1, 0.15) is 337 Å². The fraction of sp³-hybridized carbons (Fsp3) is 1.00. The first-order valence-electron chi connectivity index (χ1n) is 35.1. The standard InChI is InChI=1S/C69H142N4S2/c1-8-14-20-24-28-32-35-39-43-47-53-70(54-48-44-40-36-33-29-25-21-15-9-2)56-60-74-62-58-72-65-69(52-19-13-6)73(66-68(72)51-18-12-5)59-63-75-61-57-71(55-49-45-41-37-34-30-26-22-16-10-3)64-67(7)50-46-42-38-31-27-23-17-11-4/h67-69H,8-66H2,1-7H3. The van der Waals surface area contributed by atoms with Gasteiger partial charge in [-0.1, -0.05) is 299 Å². The Kier molecular flexibility index (Phi) is 58.0. The third-order valence-electron chi connectivity index (χ3n) is 17.5. The zero-order chi connectivity index (χ0) is 54.2. The molecule has 1 aliphatic rings. The highest BCUT2D eigenvalue weighted by molar-refractivity contribution is 7.99. The minimum Gasteiger partial charge on any atom is -0.303 e. The minimum absolute atomic E-state index is 0.746. The molecule has 75 heavy (non-hydrogen) atoms. The van der Waals surface area contributed by atoms with Crippen LogP contribution in [0.3, 0.4) is 0 Å². The topological polar surface area (TPSA) is 13.0 Å². The van der Waals surface area contributed by atoms with Gasteiger partial charge in [0.2, 0.25) is 0 Å². The maximum Gasteiger partial charge on any atom is 0.0224 e. The maximum absolute atomic E-state index is 3.00. The minimum atomic E-state index is 0.746.